The molecule has 0 heterocycles. The SMILES string of the molecule is COc1ccc(S(=O)(=O)NCCOCCN)cc1. The van der Waals surface area contributed by atoms with Crippen LogP contribution in [0.15, 0.2) is 29.2 Å². The summed E-state index contributed by atoms with van der Waals surface area (Å²) in [4.78, 5) is 0.196. The Balaban J connectivity index is 2.51. The molecule has 6 nitrogen and oxygen atoms in total. The van der Waals surface area contributed by atoms with Gasteiger partial charge < -0.3 is 15.2 Å². The van der Waals surface area contributed by atoms with E-state index in [9.17, 15) is 8.42 Å². The van der Waals surface area contributed by atoms with Crippen LogP contribution < -0.4 is 15.2 Å². The van der Waals surface area contributed by atoms with Crippen LogP contribution in [0.3, 0.4) is 0 Å². The van der Waals surface area contributed by atoms with Crippen LogP contribution >= 0.6 is 0 Å². The quantitative estimate of drug-likeness (QED) is 0.649. The zero-order valence-corrected chi connectivity index (χ0v) is 11.1. The molecule has 1 aromatic rings. The normalized spacial score (nSPS) is 11.4. The highest BCUT2D eigenvalue weighted by Crippen LogP contribution is 2.14. The van der Waals surface area contributed by atoms with Crippen molar-refractivity contribution in [3.63, 3.8) is 0 Å². The van der Waals surface area contributed by atoms with E-state index < -0.39 is 10.0 Å². The van der Waals surface area contributed by atoms with Crippen molar-refractivity contribution in [3.05, 3.63) is 24.3 Å². The summed E-state index contributed by atoms with van der Waals surface area (Å²) in [5, 5.41) is 0. The van der Waals surface area contributed by atoms with E-state index in [1.807, 2.05) is 0 Å². The molecule has 0 bridgehead atoms. The van der Waals surface area contributed by atoms with E-state index in [-0.39, 0.29) is 11.4 Å². The van der Waals surface area contributed by atoms with Crippen LogP contribution in [0.25, 0.3) is 0 Å². The zero-order chi connectivity index (χ0) is 13.4. The monoisotopic (exact) mass is 274 g/mol. The smallest absolute Gasteiger partial charge is 0.240 e. The lowest BCUT2D eigenvalue weighted by Gasteiger charge is -2.07. The number of hydrogen-bond donors (Lipinski definition) is 2. The molecule has 1 aromatic carbocycles. The van der Waals surface area contributed by atoms with Crippen LogP contribution in [0.5, 0.6) is 5.75 Å². The number of rotatable bonds is 8. The summed E-state index contributed by atoms with van der Waals surface area (Å²) in [6, 6.07) is 6.17. The minimum absolute atomic E-state index is 0.196. The third kappa shape index (κ3) is 4.61. The van der Waals surface area contributed by atoms with Crippen molar-refractivity contribution in [2.24, 2.45) is 5.73 Å². The van der Waals surface area contributed by atoms with Gasteiger partial charge in [-0.25, -0.2) is 13.1 Å². The molecular weight excluding hydrogens is 256 g/mol. The maximum atomic E-state index is 11.8. The van der Waals surface area contributed by atoms with E-state index >= 15 is 0 Å². The fourth-order valence-corrected chi connectivity index (χ4v) is 2.28. The van der Waals surface area contributed by atoms with E-state index in [1.165, 1.54) is 19.2 Å². The van der Waals surface area contributed by atoms with Gasteiger partial charge in [0.25, 0.3) is 0 Å². The second kappa shape index (κ2) is 7.32. The van der Waals surface area contributed by atoms with Gasteiger partial charge >= 0.3 is 0 Å². The first-order valence-electron chi connectivity index (χ1n) is 5.51. The van der Waals surface area contributed by atoms with Crippen molar-refractivity contribution in [1.29, 1.82) is 0 Å². The van der Waals surface area contributed by atoms with Crippen molar-refractivity contribution in [2.75, 3.05) is 33.4 Å². The molecule has 0 unspecified atom stereocenters. The molecule has 0 saturated heterocycles. The minimum Gasteiger partial charge on any atom is -0.497 e. The van der Waals surface area contributed by atoms with Crippen molar-refractivity contribution < 1.29 is 17.9 Å². The zero-order valence-electron chi connectivity index (χ0n) is 10.3. The minimum atomic E-state index is -3.49. The van der Waals surface area contributed by atoms with Gasteiger partial charge in [0, 0.05) is 13.1 Å². The summed E-state index contributed by atoms with van der Waals surface area (Å²) >= 11 is 0. The predicted octanol–water partition coefficient (Wildman–Crippen LogP) is -0.0512. The lowest BCUT2D eigenvalue weighted by Crippen LogP contribution is -2.28. The Morgan fingerprint density at radius 2 is 1.89 bits per heavy atom. The molecule has 0 atom stereocenters. The summed E-state index contributed by atoms with van der Waals surface area (Å²) in [6.45, 7) is 1.36. The molecule has 0 aliphatic carbocycles. The molecular formula is C11H18N2O4S. The number of ether oxygens (including phenoxy) is 2. The van der Waals surface area contributed by atoms with Crippen molar-refractivity contribution in [2.45, 2.75) is 4.90 Å². The second-order valence-corrected chi connectivity index (χ2v) is 5.24. The van der Waals surface area contributed by atoms with Gasteiger partial charge in [-0.1, -0.05) is 0 Å². The van der Waals surface area contributed by atoms with Gasteiger partial charge in [-0.3, -0.25) is 0 Å². The van der Waals surface area contributed by atoms with Crippen LogP contribution in [-0.2, 0) is 14.8 Å². The highest BCUT2D eigenvalue weighted by Gasteiger charge is 2.12. The first-order valence-corrected chi connectivity index (χ1v) is 7.00. The Morgan fingerprint density at radius 3 is 2.44 bits per heavy atom. The van der Waals surface area contributed by atoms with Gasteiger partial charge in [0.1, 0.15) is 5.75 Å². The van der Waals surface area contributed by atoms with Gasteiger partial charge in [0.05, 0.1) is 25.2 Å². The fourth-order valence-electron chi connectivity index (χ4n) is 1.27. The summed E-state index contributed by atoms with van der Waals surface area (Å²) in [5.41, 5.74) is 5.24. The Morgan fingerprint density at radius 1 is 1.22 bits per heavy atom. The Kier molecular flexibility index (Phi) is 6.06. The molecule has 0 fully saturated rings. The van der Waals surface area contributed by atoms with E-state index in [0.29, 0.717) is 25.5 Å². The number of nitrogens with one attached hydrogen (secondary N) is 1. The maximum absolute atomic E-state index is 11.8. The lowest BCUT2D eigenvalue weighted by atomic mass is 10.3. The van der Waals surface area contributed by atoms with E-state index in [4.69, 9.17) is 15.2 Å². The third-order valence-electron chi connectivity index (χ3n) is 2.17. The average Bonchev–Trinajstić information content (AvgIpc) is 2.38. The number of nitrogens with two attached hydrogens (primary N) is 1. The molecule has 7 heteroatoms. The molecule has 0 amide bonds. The molecule has 102 valence electrons. The molecule has 0 aliphatic rings. The largest absolute Gasteiger partial charge is 0.497 e. The van der Waals surface area contributed by atoms with Crippen LogP contribution in [0.4, 0.5) is 0 Å². The summed E-state index contributed by atoms with van der Waals surface area (Å²) in [7, 11) is -1.96. The van der Waals surface area contributed by atoms with Crippen molar-refractivity contribution in [1.82, 2.24) is 4.72 Å². The van der Waals surface area contributed by atoms with Gasteiger partial charge in [-0.2, -0.15) is 0 Å². The van der Waals surface area contributed by atoms with Crippen molar-refractivity contribution >= 4 is 10.0 Å². The molecule has 0 radical (unpaired) electrons. The second-order valence-electron chi connectivity index (χ2n) is 3.47. The maximum Gasteiger partial charge on any atom is 0.240 e. The molecule has 18 heavy (non-hydrogen) atoms. The number of hydrogen-bond acceptors (Lipinski definition) is 5. The molecule has 0 aromatic heterocycles. The number of sulfonamides is 1. The first-order chi connectivity index (χ1) is 8.60. The fraction of sp³-hybridized carbons (Fsp3) is 0.455. The van der Waals surface area contributed by atoms with Crippen LogP contribution in [0.2, 0.25) is 0 Å². The van der Waals surface area contributed by atoms with E-state index in [0.717, 1.165) is 0 Å². The average molecular weight is 274 g/mol. The van der Waals surface area contributed by atoms with Crippen molar-refractivity contribution in [3.8, 4) is 5.75 Å². The van der Waals surface area contributed by atoms with Gasteiger partial charge in [-0.05, 0) is 24.3 Å². The van der Waals surface area contributed by atoms with Gasteiger partial charge in [0.2, 0.25) is 10.0 Å². The molecule has 1 rings (SSSR count). The standard InChI is InChI=1S/C11H18N2O4S/c1-16-10-2-4-11(5-3-10)18(14,15)13-7-9-17-8-6-12/h2-5,13H,6-9,12H2,1H3. The van der Waals surface area contributed by atoms with E-state index in [2.05, 4.69) is 4.72 Å². The van der Waals surface area contributed by atoms with Crippen LogP contribution in [-0.4, -0.2) is 41.8 Å². The highest BCUT2D eigenvalue weighted by molar-refractivity contribution is 7.89. The van der Waals surface area contributed by atoms with Crippen LogP contribution in [0.1, 0.15) is 0 Å². The van der Waals surface area contributed by atoms with Gasteiger partial charge in [-0.15, -0.1) is 0 Å². The first kappa shape index (κ1) is 14.9. The number of methoxy groups -OCH3 is 1. The summed E-state index contributed by atoms with van der Waals surface area (Å²) in [6.07, 6.45) is 0. The summed E-state index contributed by atoms with van der Waals surface area (Å²) in [5.74, 6) is 0.611. The lowest BCUT2D eigenvalue weighted by molar-refractivity contribution is 0.147. The molecule has 0 saturated carbocycles. The molecule has 0 spiro atoms. The number of benzene rings is 1. The molecule has 0 aliphatic heterocycles. The van der Waals surface area contributed by atoms with E-state index in [1.54, 1.807) is 12.1 Å². The predicted molar refractivity (Wildman–Crippen MR) is 68.1 cm³/mol. The third-order valence-corrected chi connectivity index (χ3v) is 3.65. The van der Waals surface area contributed by atoms with Crippen LogP contribution in [0, 0.1) is 0 Å². The highest BCUT2D eigenvalue weighted by atomic mass is 32.2. The summed E-state index contributed by atoms with van der Waals surface area (Å²) < 4.78 is 36.1. The Hall–Kier alpha value is -1.15. The molecule has 3 N–H and O–H groups in total. The topological polar surface area (TPSA) is 90.7 Å². The Bertz CT molecular complexity index is 445. The van der Waals surface area contributed by atoms with Gasteiger partial charge in [0.15, 0.2) is 0 Å². The Labute approximate surface area is 107 Å².